The molecule has 1 heterocycles. The van der Waals surface area contributed by atoms with Crippen molar-refractivity contribution in [3.05, 3.63) is 96.3 Å². The predicted molar refractivity (Wildman–Crippen MR) is 100 cm³/mol. The summed E-state index contributed by atoms with van der Waals surface area (Å²) in [6.07, 6.45) is 3.32. The van der Waals surface area contributed by atoms with Crippen molar-refractivity contribution in [1.82, 2.24) is 10.3 Å². The van der Waals surface area contributed by atoms with Gasteiger partial charge in [0.05, 0.1) is 6.54 Å². The van der Waals surface area contributed by atoms with Gasteiger partial charge in [-0.25, -0.2) is 0 Å². The monoisotopic (exact) mass is 345 g/mol. The largest absolute Gasteiger partial charge is 0.344 e. The molecule has 0 bridgehead atoms. The summed E-state index contributed by atoms with van der Waals surface area (Å²) in [6, 6.07) is 22.4. The van der Waals surface area contributed by atoms with Crippen LogP contribution in [0.15, 0.2) is 85.2 Å². The summed E-state index contributed by atoms with van der Waals surface area (Å²) in [7, 11) is 0. The first-order valence-corrected chi connectivity index (χ1v) is 8.31. The van der Waals surface area contributed by atoms with E-state index in [4.69, 9.17) is 0 Å². The second-order valence-corrected chi connectivity index (χ2v) is 5.76. The molecule has 0 aliphatic heterocycles. The van der Waals surface area contributed by atoms with Crippen LogP contribution in [-0.2, 0) is 22.7 Å². The summed E-state index contributed by atoms with van der Waals surface area (Å²) in [5.74, 6) is -1.24. The Bertz CT molecular complexity index is 852. The molecule has 1 N–H and O–H groups in total. The van der Waals surface area contributed by atoms with Gasteiger partial charge in [0.2, 0.25) is 0 Å². The molecule has 2 amide bonds. The molecule has 0 saturated heterocycles. The van der Waals surface area contributed by atoms with Crippen molar-refractivity contribution < 1.29 is 9.59 Å². The average Bonchev–Trinajstić information content (AvgIpc) is 2.72. The molecule has 3 aromatic rings. The molecule has 0 radical (unpaired) electrons. The van der Waals surface area contributed by atoms with E-state index in [1.165, 1.54) is 4.90 Å². The average molecular weight is 345 g/mol. The van der Waals surface area contributed by atoms with Crippen LogP contribution in [0.1, 0.15) is 11.1 Å². The summed E-state index contributed by atoms with van der Waals surface area (Å²) < 4.78 is 0. The van der Waals surface area contributed by atoms with Crippen molar-refractivity contribution in [2.45, 2.75) is 13.1 Å². The van der Waals surface area contributed by atoms with E-state index in [2.05, 4.69) is 10.3 Å². The van der Waals surface area contributed by atoms with Crippen LogP contribution in [-0.4, -0.2) is 16.8 Å². The number of nitrogens with one attached hydrogen (secondary N) is 1. The number of aromatic nitrogens is 1. The third-order valence-electron chi connectivity index (χ3n) is 3.87. The highest BCUT2D eigenvalue weighted by atomic mass is 16.2. The number of rotatable bonds is 5. The van der Waals surface area contributed by atoms with E-state index in [1.807, 2.05) is 66.7 Å². The highest BCUT2D eigenvalue weighted by molar-refractivity contribution is 6.40. The fraction of sp³-hybridized carbons (Fsp3) is 0.0952. The Morgan fingerprint density at radius 2 is 1.50 bits per heavy atom. The molecule has 26 heavy (non-hydrogen) atoms. The minimum absolute atomic E-state index is 0.256. The van der Waals surface area contributed by atoms with Gasteiger partial charge in [-0.2, -0.15) is 0 Å². The number of benzene rings is 2. The van der Waals surface area contributed by atoms with Gasteiger partial charge in [-0.05, 0) is 29.3 Å². The van der Waals surface area contributed by atoms with Crippen LogP contribution in [0.3, 0.4) is 0 Å². The molecule has 0 unspecified atom stereocenters. The van der Waals surface area contributed by atoms with Crippen LogP contribution in [0.2, 0.25) is 0 Å². The van der Waals surface area contributed by atoms with E-state index in [1.54, 1.807) is 18.5 Å². The standard InChI is InChI=1S/C21H19N3O2/c25-20(23-15-18-10-7-13-22-14-18)21(26)24(19-11-5-2-6-12-19)16-17-8-3-1-4-9-17/h1-14H,15-16H2,(H,23,25). The van der Waals surface area contributed by atoms with Crippen molar-refractivity contribution in [3.63, 3.8) is 0 Å². The van der Waals surface area contributed by atoms with Gasteiger partial charge in [0.1, 0.15) is 0 Å². The van der Waals surface area contributed by atoms with E-state index in [0.717, 1.165) is 11.1 Å². The molecular weight excluding hydrogens is 326 g/mol. The lowest BCUT2D eigenvalue weighted by Gasteiger charge is -2.22. The van der Waals surface area contributed by atoms with Gasteiger partial charge in [-0.3, -0.25) is 19.5 Å². The maximum atomic E-state index is 12.8. The minimum atomic E-state index is -0.645. The number of anilines is 1. The third kappa shape index (κ3) is 4.54. The lowest BCUT2D eigenvalue weighted by Crippen LogP contribution is -2.42. The molecule has 3 rings (SSSR count). The second kappa shape index (κ2) is 8.58. The third-order valence-corrected chi connectivity index (χ3v) is 3.87. The Hall–Kier alpha value is -3.47. The molecule has 0 aliphatic carbocycles. The molecule has 0 fully saturated rings. The number of hydrogen-bond donors (Lipinski definition) is 1. The van der Waals surface area contributed by atoms with Gasteiger partial charge >= 0.3 is 11.8 Å². The normalized spacial score (nSPS) is 10.2. The number of hydrogen-bond acceptors (Lipinski definition) is 3. The Kier molecular flexibility index (Phi) is 5.72. The first-order chi connectivity index (χ1) is 12.7. The number of carbonyl (C=O) groups excluding carboxylic acids is 2. The van der Waals surface area contributed by atoms with E-state index in [9.17, 15) is 9.59 Å². The fourth-order valence-corrected chi connectivity index (χ4v) is 2.54. The highest BCUT2D eigenvalue weighted by Crippen LogP contribution is 2.17. The molecule has 0 atom stereocenters. The summed E-state index contributed by atoms with van der Waals surface area (Å²) >= 11 is 0. The Labute approximate surface area is 152 Å². The van der Waals surface area contributed by atoms with E-state index >= 15 is 0 Å². The zero-order valence-electron chi connectivity index (χ0n) is 14.2. The van der Waals surface area contributed by atoms with Crippen LogP contribution >= 0.6 is 0 Å². The van der Waals surface area contributed by atoms with Crippen LogP contribution in [0.25, 0.3) is 0 Å². The first-order valence-electron chi connectivity index (χ1n) is 8.31. The minimum Gasteiger partial charge on any atom is -0.344 e. The lowest BCUT2D eigenvalue weighted by atomic mass is 10.2. The zero-order chi connectivity index (χ0) is 18.2. The second-order valence-electron chi connectivity index (χ2n) is 5.76. The van der Waals surface area contributed by atoms with Gasteiger partial charge in [-0.1, -0.05) is 54.6 Å². The van der Waals surface area contributed by atoms with Gasteiger partial charge in [0, 0.05) is 24.6 Å². The molecule has 2 aromatic carbocycles. The fourth-order valence-electron chi connectivity index (χ4n) is 2.54. The Morgan fingerprint density at radius 3 is 2.15 bits per heavy atom. The van der Waals surface area contributed by atoms with Crippen molar-refractivity contribution in [2.24, 2.45) is 0 Å². The molecule has 130 valence electrons. The smallest absolute Gasteiger partial charge is 0.316 e. The first kappa shape index (κ1) is 17.4. The number of para-hydroxylation sites is 1. The van der Waals surface area contributed by atoms with Gasteiger partial charge in [0.15, 0.2) is 0 Å². The zero-order valence-corrected chi connectivity index (χ0v) is 14.2. The van der Waals surface area contributed by atoms with Crippen LogP contribution in [0, 0.1) is 0 Å². The number of carbonyl (C=O) groups is 2. The van der Waals surface area contributed by atoms with Crippen LogP contribution in [0.4, 0.5) is 5.69 Å². The topological polar surface area (TPSA) is 62.3 Å². The molecule has 0 spiro atoms. The predicted octanol–water partition coefficient (Wildman–Crippen LogP) is 2.93. The molecular formula is C21H19N3O2. The van der Waals surface area contributed by atoms with Crippen LogP contribution in [0.5, 0.6) is 0 Å². The summed E-state index contributed by atoms with van der Waals surface area (Å²) in [4.78, 5) is 30.6. The summed E-state index contributed by atoms with van der Waals surface area (Å²) in [5.41, 5.74) is 2.46. The van der Waals surface area contributed by atoms with Gasteiger partial charge in [-0.15, -0.1) is 0 Å². The van der Waals surface area contributed by atoms with Crippen molar-refractivity contribution in [3.8, 4) is 0 Å². The van der Waals surface area contributed by atoms with Gasteiger partial charge < -0.3 is 5.32 Å². The van der Waals surface area contributed by atoms with E-state index in [-0.39, 0.29) is 6.54 Å². The number of pyridine rings is 1. The Morgan fingerprint density at radius 1 is 0.846 bits per heavy atom. The maximum Gasteiger partial charge on any atom is 0.316 e. The lowest BCUT2D eigenvalue weighted by molar-refractivity contribution is -0.137. The molecule has 1 aromatic heterocycles. The maximum absolute atomic E-state index is 12.8. The molecule has 0 aliphatic rings. The van der Waals surface area contributed by atoms with E-state index in [0.29, 0.717) is 12.2 Å². The molecule has 5 nitrogen and oxygen atoms in total. The summed E-state index contributed by atoms with van der Waals surface area (Å²) in [6.45, 7) is 0.580. The van der Waals surface area contributed by atoms with Crippen molar-refractivity contribution in [2.75, 3.05) is 4.90 Å². The van der Waals surface area contributed by atoms with E-state index < -0.39 is 11.8 Å². The number of amides is 2. The van der Waals surface area contributed by atoms with Gasteiger partial charge in [0.25, 0.3) is 0 Å². The van der Waals surface area contributed by atoms with Crippen LogP contribution < -0.4 is 10.2 Å². The highest BCUT2D eigenvalue weighted by Gasteiger charge is 2.23. The van der Waals surface area contributed by atoms with Crippen molar-refractivity contribution in [1.29, 1.82) is 0 Å². The number of nitrogens with zero attached hydrogens (tertiary/aromatic N) is 2. The Balaban J connectivity index is 1.75. The molecule has 5 heteroatoms. The molecule has 0 saturated carbocycles. The van der Waals surface area contributed by atoms with Crippen molar-refractivity contribution >= 4 is 17.5 Å². The summed E-state index contributed by atoms with van der Waals surface area (Å²) in [5, 5.41) is 2.66. The SMILES string of the molecule is O=C(NCc1cccnc1)C(=O)N(Cc1ccccc1)c1ccccc1. The quantitative estimate of drug-likeness (QED) is 0.723.